The van der Waals surface area contributed by atoms with Crippen LogP contribution in [0.5, 0.6) is 0 Å². The van der Waals surface area contributed by atoms with Crippen LogP contribution < -0.4 is 0 Å². The van der Waals surface area contributed by atoms with Gasteiger partial charge in [0.15, 0.2) is 0 Å². The molecule has 7 heteroatoms. The summed E-state index contributed by atoms with van der Waals surface area (Å²) in [6.07, 6.45) is 3.30. The van der Waals surface area contributed by atoms with Gasteiger partial charge in [0.1, 0.15) is 12.4 Å². The summed E-state index contributed by atoms with van der Waals surface area (Å²) in [5.41, 5.74) is 0.972. The van der Waals surface area contributed by atoms with Gasteiger partial charge in [0.05, 0.1) is 17.7 Å². The minimum atomic E-state index is -1.09. The predicted octanol–water partition coefficient (Wildman–Crippen LogP) is 3.79. The zero-order valence-corrected chi connectivity index (χ0v) is 15.1. The average Bonchev–Trinajstić information content (AvgIpc) is 2.86. The van der Waals surface area contributed by atoms with E-state index in [-0.39, 0.29) is 5.56 Å². The quantitative estimate of drug-likeness (QED) is 0.456. The molecule has 2 rings (SSSR count). The molecule has 0 aliphatic heterocycles. The summed E-state index contributed by atoms with van der Waals surface area (Å²) in [5, 5.41) is 1.08. The fraction of sp³-hybridized carbons (Fsp3) is 0.467. The van der Waals surface area contributed by atoms with E-state index in [0.29, 0.717) is 17.4 Å². The SMILES string of the molecule is COC(=O)c1cnc2c(ccn2COCC[Si](C)(C)C)c1Cl. The van der Waals surface area contributed by atoms with Crippen LogP contribution >= 0.6 is 11.6 Å². The highest BCUT2D eigenvalue weighted by molar-refractivity contribution is 6.76. The first-order valence-electron chi connectivity index (χ1n) is 7.13. The first-order valence-corrected chi connectivity index (χ1v) is 11.2. The van der Waals surface area contributed by atoms with Crippen LogP contribution in [0.2, 0.25) is 30.7 Å². The Balaban J connectivity index is 2.13. The molecule has 0 spiro atoms. The van der Waals surface area contributed by atoms with Crippen molar-refractivity contribution in [1.29, 1.82) is 0 Å². The van der Waals surface area contributed by atoms with E-state index in [0.717, 1.165) is 18.0 Å². The zero-order valence-electron chi connectivity index (χ0n) is 13.4. The van der Waals surface area contributed by atoms with E-state index in [2.05, 4.69) is 24.6 Å². The molecule has 0 saturated heterocycles. The van der Waals surface area contributed by atoms with E-state index in [1.165, 1.54) is 13.3 Å². The molecule has 0 unspecified atom stereocenters. The summed E-state index contributed by atoms with van der Waals surface area (Å²) < 4.78 is 12.3. The molecule has 0 atom stereocenters. The summed E-state index contributed by atoms with van der Waals surface area (Å²) in [4.78, 5) is 15.9. The molecule has 0 amide bonds. The number of methoxy groups -OCH3 is 1. The van der Waals surface area contributed by atoms with Gasteiger partial charge in [0, 0.05) is 32.5 Å². The van der Waals surface area contributed by atoms with Gasteiger partial charge in [-0.2, -0.15) is 0 Å². The third-order valence-electron chi connectivity index (χ3n) is 3.36. The Bertz CT molecular complexity index is 679. The van der Waals surface area contributed by atoms with E-state index >= 15 is 0 Å². The highest BCUT2D eigenvalue weighted by Crippen LogP contribution is 2.27. The standard InChI is InChI=1S/C15H21ClN2O3Si/c1-20-15(19)12-9-17-14-11(13(12)16)5-6-18(14)10-21-7-8-22(2,3)4/h5-6,9H,7-8,10H2,1-4H3. The van der Waals surface area contributed by atoms with Crippen LogP contribution in [-0.2, 0) is 16.2 Å². The Morgan fingerprint density at radius 2 is 2.14 bits per heavy atom. The Morgan fingerprint density at radius 1 is 1.41 bits per heavy atom. The smallest absolute Gasteiger partial charge is 0.340 e. The molecule has 2 heterocycles. The fourth-order valence-corrected chi connectivity index (χ4v) is 3.03. The number of pyridine rings is 1. The van der Waals surface area contributed by atoms with Gasteiger partial charge in [0.25, 0.3) is 0 Å². The maximum Gasteiger partial charge on any atom is 0.340 e. The molecule has 0 N–H and O–H groups in total. The van der Waals surface area contributed by atoms with Crippen molar-refractivity contribution < 1.29 is 14.3 Å². The predicted molar refractivity (Wildman–Crippen MR) is 90.2 cm³/mol. The molecule has 0 aliphatic rings. The second-order valence-electron chi connectivity index (χ2n) is 6.35. The number of halogens is 1. The largest absolute Gasteiger partial charge is 0.465 e. The number of hydrogen-bond acceptors (Lipinski definition) is 4. The maximum atomic E-state index is 11.6. The molecule has 0 aliphatic carbocycles. The minimum absolute atomic E-state index is 0.272. The number of ether oxygens (including phenoxy) is 2. The van der Waals surface area contributed by atoms with Gasteiger partial charge in [-0.05, 0) is 12.1 Å². The Labute approximate surface area is 136 Å². The molecule has 0 radical (unpaired) electrons. The lowest BCUT2D eigenvalue weighted by Crippen LogP contribution is -2.22. The van der Waals surface area contributed by atoms with Gasteiger partial charge in [-0.3, -0.25) is 0 Å². The number of fused-ring (bicyclic) bond motifs is 1. The number of carbonyl (C=O) groups is 1. The Morgan fingerprint density at radius 3 is 2.77 bits per heavy atom. The Kier molecular flexibility index (Phi) is 5.26. The van der Waals surface area contributed by atoms with E-state index in [4.69, 9.17) is 21.1 Å². The molecule has 0 aromatic carbocycles. The molecule has 0 bridgehead atoms. The van der Waals surface area contributed by atoms with Gasteiger partial charge >= 0.3 is 5.97 Å². The van der Waals surface area contributed by atoms with E-state index < -0.39 is 14.0 Å². The van der Waals surface area contributed by atoms with Gasteiger partial charge in [-0.15, -0.1) is 0 Å². The molecule has 0 fully saturated rings. The number of aromatic nitrogens is 2. The van der Waals surface area contributed by atoms with Crippen molar-refractivity contribution >= 4 is 36.7 Å². The molecular weight excluding hydrogens is 320 g/mol. The van der Waals surface area contributed by atoms with Crippen molar-refractivity contribution in [1.82, 2.24) is 9.55 Å². The van der Waals surface area contributed by atoms with Crippen LogP contribution in [0.25, 0.3) is 11.0 Å². The summed E-state index contributed by atoms with van der Waals surface area (Å²) in [7, 11) is 0.231. The van der Waals surface area contributed by atoms with Crippen LogP contribution in [0.1, 0.15) is 10.4 Å². The highest BCUT2D eigenvalue weighted by atomic mass is 35.5. The molecular formula is C15H21ClN2O3Si. The fourth-order valence-electron chi connectivity index (χ4n) is 2.00. The summed E-state index contributed by atoms with van der Waals surface area (Å²) in [6, 6.07) is 2.95. The van der Waals surface area contributed by atoms with Crippen molar-refractivity contribution in [2.75, 3.05) is 13.7 Å². The lowest BCUT2D eigenvalue weighted by molar-refractivity contribution is 0.0600. The third kappa shape index (κ3) is 3.88. The lowest BCUT2D eigenvalue weighted by atomic mass is 10.2. The number of nitrogens with zero attached hydrogens (tertiary/aromatic N) is 2. The monoisotopic (exact) mass is 340 g/mol. The molecule has 0 saturated carbocycles. The number of hydrogen-bond donors (Lipinski definition) is 0. The number of carbonyl (C=O) groups excluding carboxylic acids is 1. The van der Waals surface area contributed by atoms with Crippen LogP contribution in [0.15, 0.2) is 18.5 Å². The topological polar surface area (TPSA) is 53.3 Å². The van der Waals surface area contributed by atoms with Crippen LogP contribution in [0.4, 0.5) is 0 Å². The summed E-state index contributed by atoms with van der Waals surface area (Å²) in [5.74, 6) is -0.487. The van der Waals surface area contributed by atoms with Crippen molar-refractivity contribution in [2.45, 2.75) is 32.4 Å². The average molecular weight is 341 g/mol. The van der Waals surface area contributed by atoms with Crippen LogP contribution in [-0.4, -0.2) is 37.3 Å². The number of rotatable bonds is 6. The first kappa shape index (κ1) is 17.0. The summed E-state index contributed by atoms with van der Waals surface area (Å²) in [6.45, 7) is 8.11. The second-order valence-corrected chi connectivity index (χ2v) is 12.3. The minimum Gasteiger partial charge on any atom is -0.465 e. The highest BCUT2D eigenvalue weighted by Gasteiger charge is 2.16. The van der Waals surface area contributed by atoms with Crippen molar-refractivity contribution in [2.24, 2.45) is 0 Å². The Hall–Kier alpha value is -1.37. The van der Waals surface area contributed by atoms with Crippen molar-refractivity contribution in [3.05, 3.63) is 29.0 Å². The molecule has 5 nitrogen and oxygen atoms in total. The molecule has 2 aromatic rings. The molecule has 22 heavy (non-hydrogen) atoms. The third-order valence-corrected chi connectivity index (χ3v) is 5.47. The molecule has 120 valence electrons. The second kappa shape index (κ2) is 6.81. The van der Waals surface area contributed by atoms with Gasteiger partial charge < -0.3 is 14.0 Å². The van der Waals surface area contributed by atoms with Crippen molar-refractivity contribution in [3.8, 4) is 0 Å². The van der Waals surface area contributed by atoms with Crippen LogP contribution in [0.3, 0.4) is 0 Å². The van der Waals surface area contributed by atoms with Gasteiger partial charge in [0.2, 0.25) is 0 Å². The number of esters is 1. The van der Waals surface area contributed by atoms with Gasteiger partial charge in [-0.1, -0.05) is 31.2 Å². The van der Waals surface area contributed by atoms with Crippen molar-refractivity contribution in [3.63, 3.8) is 0 Å². The van der Waals surface area contributed by atoms with E-state index in [1.54, 1.807) is 0 Å². The zero-order chi connectivity index (χ0) is 16.3. The first-order chi connectivity index (χ1) is 10.3. The lowest BCUT2D eigenvalue weighted by Gasteiger charge is -2.15. The summed E-state index contributed by atoms with van der Waals surface area (Å²) >= 11 is 6.26. The van der Waals surface area contributed by atoms with Crippen LogP contribution in [0, 0.1) is 0 Å². The van der Waals surface area contributed by atoms with Gasteiger partial charge in [-0.25, -0.2) is 9.78 Å². The maximum absolute atomic E-state index is 11.6. The normalized spacial score (nSPS) is 11.9. The van der Waals surface area contributed by atoms with E-state index in [1.807, 2.05) is 16.8 Å². The molecule has 2 aromatic heterocycles. The van der Waals surface area contributed by atoms with E-state index in [9.17, 15) is 4.79 Å².